The van der Waals surface area contributed by atoms with Crippen molar-refractivity contribution in [3.63, 3.8) is 0 Å². The number of para-hydroxylation sites is 1. The highest BCUT2D eigenvalue weighted by Crippen LogP contribution is 2.25. The van der Waals surface area contributed by atoms with Crippen molar-refractivity contribution in [1.29, 1.82) is 0 Å². The molecule has 0 aliphatic rings. The number of thiazole rings is 1. The van der Waals surface area contributed by atoms with Gasteiger partial charge in [-0.1, -0.05) is 52.3 Å². The van der Waals surface area contributed by atoms with Crippen LogP contribution in [-0.4, -0.2) is 15.8 Å². The van der Waals surface area contributed by atoms with Crippen LogP contribution in [0.5, 0.6) is 0 Å². The van der Waals surface area contributed by atoms with E-state index in [1.807, 2.05) is 24.3 Å². The fraction of sp³-hybridized carbons (Fsp3) is 0.111. The summed E-state index contributed by atoms with van der Waals surface area (Å²) < 4.78 is 1.02. The molecule has 2 aromatic carbocycles. The average Bonchev–Trinajstić information content (AvgIpc) is 3.04. The molecule has 0 saturated carbocycles. The molecular formula is C18H14BrN3O3S. The number of nitro benzene ring substituents is 1. The van der Waals surface area contributed by atoms with E-state index < -0.39 is 4.92 Å². The van der Waals surface area contributed by atoms with Crippen molar-refractivity contribution in [2.45, 2.75) is 12.8 Å². The number of amides is 1. The Morgan fingerprint density at radius 1 is 1.15 bits per heavy atom. The number of anilines is 1. The van der Waals surface area contributed by atoms with Crippen molar-refractivity contribution in [3.8, 4) is 0 Å². The number of halogens is 1. The maximum atomic E-state index is 12.2. The number of hydrogen-bond donors (Lipinski definition) is 1. The van der Waals surface area contributed by atoms with Crippen LogP contribution in [0.3, 0.4) is 0 Å². The van der Waals surface area contributed by atoms with Gasteiger partial charge in [0.25, 0.3) is 5.69 Å². The smallest absolute Gasteiger partial charge is 0.273 e. The Balaban J connectivity index is 1.65. The standard InChI is InChI=1S/C18H14BrN3O3S/c19-15-7-3-1-5-12(15)9-14-11-20-18(26-14)21-17(23)10-13-6-2-4-8-16(13)22(24)25/h1-8,11H,9-10H2,(H,20,21,23). The fourth-order valence-corrected chi connectivity index (χ4v) is 3.73. The van der Waals surface area contributed by atoms with Gasteiger partial charge in [-0.25, -0.2) is 4.98 Å². The van der Waals surface area contributed by atoms with E-state index >= 15 is 0 Å². The van der Waals surface area contributed by atoms with Gasteiger partial charge < -0.3 is 5.32 Å². The molecule has 0 atom stereocenters. The second-order valence-corrected chi connectivity index (χ2v) is 7.48. The lowest BCUT2D eigenvalue weighted by Crippen LogP contribution is -2.15. The van der Waals surface area contributed by atoms with E-state index in [4.69, 9.17) is 0 Å². The van der Waals surface area contributed by atoms with Crippen LogP contribution in [0.4, 0.5) is 10.8 Å². The maximum absolute atomic E-state index is 12.2. The first-order valence-electron chi connectivity index (χ1n) is 7.73. The molecule has 3 rings (SSSR count). The first-order valence-corrected chi connectivity index (χ1v) is 9.34. The molecule has 0 bridgehead atoms. The summed E-state index contributed by atoms with van der Waals surface area (Å²) in [4.78, 5) is 28.0. The van der Waals surface area contributed by atoms with Gasteiger partial charge in [0.15, 0.2) is 5.13 Å². The van der Waals surface area contributed by atoms with E-state index in [0.717, 1.165) is 14.9 Å². The summed E-state index contributed by atoms with van der Waals surface area (Å²) >= 11 is 4.90. The Kier molecular flexibility index (Phi) is 5.75. The summed E-state index contributed by atoms with van der Waals surface area (Å²) in [5.74, 6) is -0.332. The van der Waals surface area contributed by atoms with Crippen LogP contribution < -0.4 is 5.32 Å². The molecule has 1 N–H and O–H groups in total. The molecule has 6 nitrogen and oxygen atoms in total. The summed E-state index contributed by atoms with van der Waals surface area (Å²) in [5, 5.41) is 14.2. The van der Waals surface area contributed by atoms with Crippen LogP contribution in [0, 0.1) is 10.1 Å². The molecule has 0 spiro atoms. The first-order chi connectivity index (χ1) is 12.5. The van der Waals surface area contributed by atoms with E-state index in [9.17, 15) is 14.9 Å². The van der Waals surface area contributed by atoms with Crippen LogP contribution >= 0.6 is 27.3 Å². The molecule has 1 aromatic heterocycles. The molecule has 3 aromatic rings. The third kappa shape index (κ3) is 4.53. The van der Waals surface area contributed by atoms with Crippen LogP contribution in [0.1, 0.15) is 16.0 Å². The van der Waals surface area contributed by atoms with Crippen LogP contribution in [0.15, 0.2) is 59.2 Å². The zero-order valence-electron chi connectivity index (χ0n) is 13.5. The quantitative estimate of drug-likeness (QED) is 0.456. The Labute approximate surface area is 162 Å². The number of carbonyl (C=O) groups excluding carboxylic acids is 1. The normalized spacial score (nSPS) is 10.5. The van der Waals surface area contributed by atoms with Gasteiger partial charge in [0.05, 0.1) is 11.3 Å². The van der Waals surface area contributed by atoms with Crippen molar-refractivity contribution in [1.82, 2.24) is 4.98 Å². The lowest BCUT2D eigenvalue weighted by Gasteiger charge is -2.03. The van der Waals surface area contributed by atoms with Crippen molar-refractivity contribution in [2.24, 2.45) is 0 Å². The van der Waals surface area contributed by atoms with Crippen LogP contribution in [0.25, 0.3) is 0 Å². The number of benzene rings is 2. The van der Waals surface area contributed by atoms with Crippen LogP contribution in [0.2, 0.25) is 0 Å². The highest BCUT2D eigenvalue weighted by atomic mass is 79.9. The van der Waals surface area contributed by atoms with E-state index in [1.54, 1.807) is 24.4 Å². The zero-order valence-corrected chi connectivity index (χ0v) is 15.9. The summed E-state index contributed by atoms with van der Waals surface area (Å²) in [6, 6.07) is 14.1. The summed E-state index contributed by atoms with van der Waals surface area (Å²) in [7, 11) is 0. The molecule has 0 fully saturated rings. The van der Waals surface area contributed by atoms with Crippen molar-refractivity contribution in [3.05, 3.63) is 85.3 Å². The third-order valence-corrected chi connectivity index (χ3v) is 5.35. The Morgan fingerprint density at radius 3 is 2.58 bits per heavy atom. The fourth-order valence-electron chi connectivity index (χ4n) is 2.45. The van der Waals surface area contributed by atoms with Gasteiger partial charge in [0, 0.05) is 33.6 Å². The van der Waals surface area contributed by atoms with Crippen molar-refractivity contribution in [2.75, 3.05) is 5.32 Å². The van der Waals surface area contributed by atoms with Gasteiger partial charge in [-0.05, 0) is 11.6 Å². The lowest BCUT2D eigenvalue weighted by molar-refractivity contribution is -0.385. The Morgan fingerprint density at radius 2 is 1.85 bits per heavy atom. The molecule has 0 unspecified atom stereocenters. The van der Waals surface area contributed by atoms with Crippen molar-refractivity contribution < 1.29 is 9.72 Å². The number of rotatable bonds is 6. The van der Waals surface area contributed by atoms with Gasteiger partial charge in [-0.15, -0.1) is 11.3 Å². The predicted molar refractivity (Wildman–Crippen MR) is 104 cm³/mol. The highest BCUT2D eigenvalue weighted by molar-refractivity contribution is 9.10. The number of nitrogens with zero attached hydrogens (tertiary/aromatic N) is 2. The predicted octanol–water partition coefficient (Wildman–Crippen LogP) is 4.59. The molecule has 0 aliphatic carbocycles. The van der Waals surface area contributed by atoms with Crippen LogP contribution in [-0.2, 0) is 17.6 Å². The minimum absolute atomic E-state index is 0.0589. The molecule has 0 aliphatic heterocycles. The summed E-state index contributed by atoms with van der Waals surface area (Å²) in [6.45, 7) is 0. The number of nitrogens with one attached hydrogen (secondary N) is 1. The van der Waals surface area contributed by atoms with Gasteiger partial charge >= 0.3 is 0 Å². The highest BCUT2D eigenvalue weighted by Gasteiger charge is 2.16. The molecule has 26 heavy (non-hydrogen) atoms. The second-order valence-electron chi connectivity index (χ2n) is 5.51. The van der Waals surface area contributed by atoms with Gasteiger partial charge in [0.2, 0.25) is 5.91 Å². The number of carbonyl (C=O) groups is 1. The Hall–Kier alpha value is -2.58. The largest absolute Gasteiger partial charge is 0.302 e. The van der Waals surface area contributed by atoms with Gasteiger partial charge in [-0.2, -0.15) is 0 Å². The summed E-state index contributed by atoms with van der Waals surface area (Å²) in [5.41, 5.74) is 1.45. The minimum atomic E-state index is -0.484. The van der Waals surface area contributed by atoms with E-state index in [0.29, 0.717) is 17.1 Å². The third-order valence-electron chi connectivity index (χ3n) is 3.66. The van der Waals surface area contributed by atoms with E-state index in [2.05, 4.69) is 26.2 Å². The molecule has 1 amide bonds. The summed E-state index contributed by atoms with van der Waals surface area (Å²) in [6.07, 6.45) is 2.36. The molecule has 1 heterocycles. The number of aromatic nitrogens is 1. The SMILES string of the molecule is O=C(Cc1ccccc1[N+](=O)[O-])Nc1ncc(Cc2ccccc2Br)s1. The topological polar surface area (TPSA) is 85.1 Å². The van der Waals surface area contributed by atoms with E-state index in [-0.39, 0.29) is 18.0 Å². The molecule has 132 valence electrons. The second kappa shape index (κ2) is 8.20. The molecule has 0 radical (unpaired) electrons. The van der Waals surface area contributed by atoms with Gasteiger partial charge in [-0.3, -0.25) is 14.9 Å². The van der Waals surface area contributed by atoms with Crippen molar-refractivity contribution >= 4 is 44.0 Å². The number of hydrogen-bond acceptors (Lipinski definition) is 5. The maximum Gasteiger partial charge on any atom is 0.273 e. The molecule has 8 heteroatoms. The monoisotopic (exact) mass is 431 g/mol. The molecular weight excluding hydrogens is 418 g/mol. The lowest BCUT2D eigenvalue weighted by atomic mass is 10.1. The zero-order chi connectivity index (χ0) is 18.5. The first kappa shape index (κ1) is 18.2. The minimum Gasteiger partial charge on any atom is -0.302 e. The molecule has 0 saturated heterocycles. The average molecular weight is 432 g/mol. The number of nitro groups is 1. The van der Waals surface area contributed by atoms with Gasteiger partial charge in [0.1, 0.15) is 0 Å². The van der Waals surface area contributed by atoms with E-state index in [1.165, 1.54) is 17.4 Å². The Bertz CT molecular complexity index is 958.